The Labute approximate surface area is 112 Å². The molecular weight excluding hydrogens is 275 g/mol. The molecule has 1 aromatic carbocycles. The average Bonchev–Trinajstić information content (AvgIpc) is 2.80. The van der Waals surface area contributed by atoms with E-state index in [2.05, 4.69) is 14.7 Å². The molecule has 0 spiro atoms. The van der Waals surface area contributed by atoms with Gasteiger partial charge in [-0.3, -0.25) is 0 Å². The second kappa shape index (κ2) is 5.56. The van der Waals surface area contributed by atoms with E-state index >= 15 is 0 Å². The van der Waals surface area contributed by atoms with E-state index in [1.54, 1.807) is 0 Å². The van der Waals surface area contributed by atoms with Crippen molar-refractivity contribution in [3.63, 3.8) is 0 Å². The van der Waals surface area contributed by atoms with Crippen molar-refractivity contribution in [3.8, 4) is 0 Å². The van der Waals surface area contributed by atoms with Crippen molar-refractivity contribution in [3.05, 3.63) is 41.2 Å². The highest BCUT2D eigenvalue weighted by Gasteiger charge is 2.36. The van der Waals surface area contributed by atoms with Crippen LogP contribution in [0.25, 0.3) is 0 Å². The minimum absolute atomic E-state index is 0.195. The van der Waals surface area contributed by atoms with Crippen molar-refractivity contribution in [2.75, 3.05) is 11.9 Å². The number of aryl methyl sites for hydroxylation is 1. The van der Waals surface area contributed by atoms with E-state index in [9.17, 15) is 13.2 Å². The standard InChI is InChI=1S/C12H12F3N3S/c1-8-4-2-3-5-9(8)6-7-16-11-17-10(18-19-11)12(13,14)15/h2-5H,6-7H2,1H3,(H,16,17,18). The summed E-state index contributed by atoms with van der Waals surface area (Å²) in [4.78, 5) is 3.41. The number of halogens is 3. The molecule has 1 N–H and O–H groups in total. The summed E-state index contributed by atoms with van der Waals surface area (Å²) >= 11 is 0.724. The summed E-state index contributed by atoms with van der Waals surface area (Å²) in [7, 11) is 0. The number of rotatable bonds is 4. The molecule has 0 amide bonds. The minimum atomic E-state index is -4.48. The Morgan fingerprint density at radius 1 is 1.26 bits per heavy atom. The number of hydrogen-bond donors (Lipinski definition) is 1. The number of benzene rings is 1. The molecule has 0 fully saturated rings. The van der Waals surface area contributed by atoms with Crippen LogP contribution in [0.1, 0.15) is 17.0 Å². The molecule has 0 atom stereocenters. The number of alkyl halides is 3. The third-order valence-electron chi connectivity index (χ3n) is 2.61. The van der Waals surface area contributed by atoms with Gasteiger partial charge in [-0.1, -0.05) is 24.3 Å². The van der Waals surface area contributed by atoms with Crippen molar-refractivity contribution in [2.45, 2.75) is 19.5 Å². The van der Waals surface area contributed by atoms with Crippen LogP contribution in [0.15, 0.2) is 24.3 Å². The summed E-state index contributed by atoms with van der Waals surface area (Å²) < 4.78 is 40.2. The van der Waals surface area contributed by atoms with Crippen LogP contribution in [0, 0.1) is 6.92 Å². The van der Waals surface area contributed by atoms with Crippen LogP contribution in [0.5, 0.6) is 0 Å². The third-order valence-corrected chi connectivity index (χ3v) is 3.28. The molecule has 3 nitrogen and oxygen atoms in total. The topological polar surface area (TPSA) is 37.8 Å². The van der Waals surface area contributed by atoms with Crippen LogP contribution in [0.3, 0.4) is 0 Å². The largest absolute Gasteiger partial charge is 0.452 e. The quantitative estimate of drug-likeness (QED) is 0.935. The van der Waals surface area contributed by atoms with Crippen molar-refractivity contribution in [2.24, 2.45) is 0 Å². The monoisotopic (exact) mass is 287 g/mol. The zero-order valence-electron chi connectivity index (χ0n) is 10.2. The number of hydrogen-bond acceptors (Lipinski definition) is 4. The van der Waals surface area contributed by atoms with Crippen LogP contribution in [-0.4, -0.2) is 15.9 Å². The van der Waals surface area contributed by atoms with Crippen molar-refractivity contribution in [1.82, 2.24) is 9.36 Å². The molecule has 0 aliphatic rings. The normalized spacial score (nSPS) is 11.6. The van der Waals surface area contributed by atoms with Crippen LogP contribution in [-0.2, 0) is 12.6 Å². The van der Waals surface area contributed by atoms with Crippen LogP contribution in [0.2, 0.25) is 0 Å². The fourth-order valence-electron chi connectivity index (χ4n) is 1.61. The fourth-order valence-corrected chi connectivity index (χ4v) is 2.22. The third kappa shape index (κ3) is 3.66. The number of aromatic nitrogens is 2. The summed E-state index contributed by atoms with van der Waals surface area (Å²) in [6.07, 6.45) is -3.75. The highest BCUT2D eigenvalue weighted by Crippen LogP contribution is 2.28. The first-order chi connectivity index (χ1) is 8.97. The molecule has 0 radical (unpaired) electrons. The highest BCUT2D eigenvalue weighted by molar-refractivity contribution is 7.09. The predicted molar refractivity (Wildman–Crippen MR) is 68.3 cm³/mol. The molecule has 0 saturated carbocycles. The molecule has 2 aromatic rings. The first-order valence-electron chi connectivity index (χ1n) is 5.66. The molecule has 0 aliphatic heterocycles. The zero-order valence-corrected chi connectivity index (χ0v) is 11.0. The van der Waals surface area contributed by atoms with Gasteiger partial charge < -0.3 is 5.32 Å². The summed E-state index contributed by atoms with van der Waals surface area (Å²) in [5.74, 6) is -1.09. The van der Waals surface area contributed by atoms with Gasteiger partial charge in [0.15, 0.2) is 0 Å². The van der Waals surface area contributed by atoms with E-state index in [1.165, 1.54) is 0 Å². The fraction of sp³-hybridized carbons (Fsp3) is 0.333. The summed E-state index contributed by atoms with van der Waals surface area (Å²) in [5.41, 5.74) is 2.33. The van der Waals surface area contributed by atoms with Gasteiger partial charge in [0, 0.05) is 18.1 Å². The first kappa shape index (κ1) is 13.8. The van der Waals surface area contributed by atoms with Crippen LogP contribution in [0.4, 0.5) is 18.3 Å². The molecule has 2 rings (SSSR count). The molecule has 0 saturated heterocycles. The van der Waals surface area contributed by atoms with Crippen LogP contribution >= 0.6 is 11.5 Å². The molecular formula is C12H12F3N3S. The zero-order chi connectivity index (χ0) is 13.9. The molecule has 1 aromatic heterocycles. The maximum atomic E-state index is 12.3. The number of nitrogens with zero attached hydrogens (tertiary/aromatic N) is 2. The van der Waals surface area contributed by atoms with Gasteiger partial charge in [0.05, 0.1) is 0 Å². The Balaban J connectivity index is 1.90. The SMILES string of the molecule is Cc1ccccc1CCNc1nc(C(F)(F)F)ns1. The Hall–Kier alpha value is -1.63. The lowest BCUT2D eigenvalue weighted by molar-refractivity contribution is -0.144. The summed E-state index contributed by atoms with van der Waals surface area (Å²) in [5, 5.41) is 3.05. The van der Waals surface area contributed by atoms with Gasteiger partial charge in [-0.2, -0.15) is 22.5 Å². The average molecular weight is 287 g/mol. The van der Waals surface area contributed by atoms with Crippen molar-refractivity contribution in [1.29, 1.82) is 0 Å². The Bertz CT molecular complexity index is 551. The highest BCUT2D eigenvalue weighted by atomic mass is 32.1. The first-order valence-corrected chi connectivity index (χ1v) is 6.43. The van der Waals surface area contributed by atoms with E-state index in [0.717, 1.165) is 29.1 Å². The van der Waals surface area contributed by atoms with E-state index in [0.29, 0.717) is 6.54 Å². The van der Waals surface area contributed by atoms with Crippen LogP contribution < -0.4 is 5.32 Å². The molecule has 19 heavy (non-hydrogen) atoms. The molecule has 0 unspecified atom stereocenters. The van der Waals surface area contributed by atoms with E-state index in [-0.39, 0.29) is 5.13 Å². The minimum Gasteiger partial charge on any atom is -0.360 e. The predicted octanol–water partition coefficient (Wildman–Crippen LogP) is 3.52. The van der Waals surface area contributed by atoms with E-state index in [4.69, 9.17) is 0 Å². The van der Waals surface area contributed by atoms with Gasteiger partial charge in [-0.15, -0.1) is 0 Å². The van der Waals surface area contributed by atoms with Gasteiger partial charge in [0.2, 0.25) is 11.0 Å². The Morgan fingerprint density at radius 3 is 2.63 bits per heavy atom. The van der Waals surface area contributed by atoms with Crippen molar-refractivity contribution < 1.29 is 13.2 Å². The number of nitrogens with one attached hydrogen (secondary N) is 1. The van der Waals surface area contributed by atoms with Gasteiger partial charge in [-0.05, 0) is 24.5 Å². The van der Waals surface area contributed by atoms with Gasteiger partial charge in [-0.25, -0.2) is 0 Å². The van der Waals surface area contributed by atoms with E-state index < -0.39 is 12.0 Å². The maximum absolute atomic E-state index is 12.3. The van der Waals surface area contributed by atoms with Gasteiger partial charge in [0.1, 0.15) is 0 Å². The lowest BCUT2D eigenvalue weighted by Gasteiger charge is -2.05. The molecule has 1 heterocycles. The summed E-state index contributed by atoms with van der Waals surface area (Å²) in [6.45, 7) is 2.53. The Morgan fingerprint density at radius 2 is 2.00 bits per heavy atom. The Kier molecular flexibility index (Phi) is 4.04. The lowest BCUT2D eigenvalue weighted by Crippen LogP contribution is -2.09. The second-order valence-electron chi connectivity index (χ2n) is 4.02. The smallest absolute Gasteiger partial charge is 0.360 e. The molecule has 102 valence electrons. The molecule has 0 aliphatic carbocycles. The molecule has 7 heteroatoms. The summed E-state index contributed by atoms with van der Waals surface area (Å²) in [6, 6.07) is 7.89. The second-order valence-corrected chi connectivity index (χ2v) is 4.78. The van der Waals surface area contributed by atoms with E-state index in [1.807, 2.05) is 31.2 Å². The maximum Gasteiger partial charge on any atom is 0.452 e. The van der Waals surface area contributed by atoms with Gasteiger partial charge in [0.25, 0.3) is 0 Å². The molecule has 0 bridgehead atoms. The van der Waals surface area contributed by atoms with Crippen molar-refractivity contribution >= 4 is 16.7 Å². The van der Waals surface area contributed by atoms with Gasteiger partial charge >= 0.3 is 6.18 Å². The lowest BCUT2D eigenvalue weighted by atomic mass is 10.1. The number of anilines is 1.